The van der Waals surface area contributed by atoms with Gasteiger partial charge in [0.15, 0.2) is 6.10 Å². The van der Waals surface area contributed by atoms with Gasteiger partial charge in [-0.15, -0.1) is 0 Å². The summed E-state index contributed by atoms with van der Waals surface area (Å²) in [6, 6.07) is 11.2. The van der Waals surface area contributed by atoms with Crippen LogP contribution in [0.1, 0.15) is 37.3 Å². The Kier molecular flexibility index (Phi) is 5.87. The maximum Gasteiger partial charge on any atom is 0.265 e. The van der Waals surface area contributed by atoms with Crippen molar-refractivity contribution in [1.29, 1.82) is 0 Å². The van der Waals surface area contributed by atoms with Crippen molar-refractivity contribution in [2.45, 2.75) is 45.1 Å². The number of halogens is 2. The molecule has 0 heterocycles. The van der Waals surface area contributed by atoms with Gasteiger partial charge in [0.05, 0.1) is 10.0 Å². The van der Waals surface area contributed by atoms with Gasteiger partial charge in [-0.05, 0) is 73.6 Å². The summed E-state index contributed by atoms with van der Waals surface area (Å²) in [4.78, 5) is 12.5. The van der Waals surface area contributed by atoms with Gasteiger partial charge >= 0.3 is 0 Å². The van der Waals surface area contributed by atoms with Crippen LogP contribution >= 0.6 is 23.2 Å². The van der Waals surface area contributed by atoms with Crippen LogP contribution in [0.4, 0.5) is 5.69 Å². The van der Waals surface area contributed by atoms with Crippen molar-refractivity contribution in [3.63, 3.8) is 0 Å². The van der Waals surface area contributed by atoms with E-state index in [4.69, 9.17) is 27.9 Å². The Bertz CT molecular complexity index is 776. The molecule has 0 radical (unpaired) electrons. The lowest BCUT2D eigenvalue weighted by atomic mass is 9.92. The molecule has 2 aromatic carbocycles. The number of anilines is 1. The first kappa shape index (κ1) is 18.1. The van der Waals surface area contributed by atoms with E-state index in [0.29, 0.717) is 22.2 Å². The van der Waals surface area contributed by atoms with Gasteiger partial charge in [-0.2, -0.15) is 0 Å². The van der Waals surface area contributed by atoms with E-state index in [1.54, 1.807) is 18.2 Å². The number of rotatable bonds is 5. The fraction of sp³-hybridized carbons (Fsp3) is 0.350. The number of hydrogen-bond acceptors (Lipinski definition) is 2. The van der Waals surface area contributed by atoms with Crippen molar-refractivity contribution in [2.75, 3.05) is 5.32 Å². The van der Waals surface area contributed by atoms with Gasteiger partial charge in [-0.3, -0.25) is 4.79 Å². The number of amides is 1. The van der Waals surface area contributed by atoms with Gasteiger partial charge < -0.3 is 10.1 Å². The Labute approximate surface area is 158 Å². The highest BCUT2D eigenvalue weighted by atomic mass is 35.5. The van der Waals surface area contributed by atoms with Crippen LogP contribution in [0.25, 0.3) is 0 Å². The summed E-state index contributed by atoms with van der Waals surface area (Å²) in [5.41, 5.74) is 3.34. The van der Waals surface area contributed by atoms with Gasteiger partial charge in [0.2, 0.25) is 0 Å². The molecule has 0 aliphatic heterocycles. The summed E-state index contributed by atoms with van der Waals surface area (Å²) in [6.45, 7) is 1.93. The Hall–Kier alpha value is -1.71. The third-order valence-electron chi connectivity index (χ3n) is 4.45. The van der Waals surface area contributed by atoms with E-state index in [9.17, 15) is 4.79 Å². The molecule has 1 atom stereocenters. The SMILES string of the molecule is CC[C@H](Oc1ccc2c(c1)CCCC2)C(=O)Nc1ccc(Cl)c(Cl)c1. The van der Waals surface area contributed by atoms with Gasteiger partial charge in [0.25, 0.3) is 5.91 Å². The summed E-state index contributed by atoms with van der Waals surface area (Å²) >= 11 is 11.9. The molecular formula is C20H21Cl2NO2. The average molecular weight is 378 g/mol. The highest BCUT2D eigenvalue weighted by Gasteiger charge is 2.20. The van der Waals surface area contributed by atoms with E-state index >= 15 is 0 Å². The lowest BCUT2D eigenvalue weighted by Crippen LogP contribution is -2.32. The van der Waals surface area contributed by atoms with Crippen LogP contribution in [0.5, 0.6) is 5.75 Å². The van der Waals surface area contributed by atoms with E-state index in [1.165, 1.54) is 24.0 Å². The predicted molar refractivity (Wildman–Crippen MR) is 103 cm³/mol. The summed E-state index contributed by atoms with van der Waals surface area (Å²) in [6.07, 6.45) is 4.69. The maximum absolute atomic E-state index is 12.5. The van der Waals surface area contributed by atoms with Gasteiger partial charge in [-0.25, -0.2) is 0 Å². The smallest absolute Gasteiger partial charge is 0.265 e. The molecule has 2 aromatic rings. The average Bonchev–Trinajstić information content (AvgIpc) is 2.62. The molecule has 1 aliphatic rings. The quantitative estimate of drug-likeness (QED) is 0.728. The van der Waals surface area contributed by atoms with E-state index in [1.807, 2.05) is 13.0 Å². The summed E-state index contributed by atoms with van der Waals surface area (Å²) < 4.78 is 5.95. The zero-order chi connectivity index (χ0) is 17.8. The minimum Gasteiger partial charge on any atom is -0.481 e. The molecule has 0 saturated heterocycles. The lowest BCUT2D eigenvalue weighted by molar-refractivity contribution is -0.122. The molecule has 1 amide bonds. The van der Waals surface area contributed by atoms with Crippen LogP contribution in [0, 0.1) is 0 Å². The number of carbonyl (C=O) groups excluding carboxylic acids is 1. The number of hydrogen-bond donors (Lipinski definition) is 1. The molecular weight excluding hydrogens is 357 g/mol. The number of carbonyl (C=O) groups is 1. The Morgan fingerprint density at radius 3 is 2.56 bits per heavy atom. The normalized spacial score (nSPS) is 14.5. The maximum atomic E-state index is 12.5. The largest absolute Gasteiger partial charge is 0.481 e. The summed E-state index contributed by atoms with van der Waals surface area (Å²) in [5.74, 6) is 0.551. The molecule has 3 nitrogen and oxygen atoms in total. The summed E-state index contributed by atoms with van der Waals surface area (Å²) in [5, 5.41) is 3.70. The highest BCUT2D eigenvalue weighted by molar-refractivity contribution is 6.42. The molecule has 3 rings (SSSR count). The molecule has 0 saturated carbocycles. The number of benzene rings is 2. The molecule has 1 aliphatic carbocycles. The van der Waals surface area contributed by atoms with E-state index < -0.39 is 6.10 Å². The molecule has 0 spiro atoms. The lowest BCUT2D eigenvalue weighted by Gasteiger charge is -2.20. The second kappa shape index (κ2) is 8.11. The van der Waals surface area contributed by atoms with Crippen molar-refractivity contribution in [3.8, 4) is 5.75 Å². The molecule has 0 unspecified atom stereocenters. The van der Waals surface area contributed by atoms with Crippen molar-refractivity contribution in [1.82, 2.24) is 0 Å². The fourth-order valence-electron chi connectivity index (χ4n) is 3.07. The van der Waals surface area contributed by atoms with Crippen LogP contribution in [0.3, 0.4) is 0 Å². The molecule has 25 heavy (non-hydrogen) atoms. The van der Waals surface area contributed by atoms with Crippen LogP contribution < -0.4 is 10.1 Å². The topological polar surface area (TPSA) is 38.3 Å². The van der Waals surface area contributed by atoms with Crippen LogP contribution in [-0.4, -0.2) is 12.0 Å². The van der Waals surface area contributed by atoms with Crippen LogP contribution in [-0.2, 0) is 17.6 Å². The second-order valence-corrected chi connectivity index (χ2v) is 7.08. The first-order valence-electron chi connectivity index (χ1n) is 8.61. The fourth-order valence-corrected chi connectivity index (χ4v) is 3.36. The zero-order valence-electron chi connectivity index (χ0n) is 14.1. The first-order valence-corrected chi connectivity index (χ1v) is 9.37. The predicted octanol–water partition coefficient (Wildman–Crippen LogP) is 5.67. The van der Waals surface area contributed by atoms with E-state index in [2.05, 4.69) is 17.4 Å². The minimum atomic E-state index is -0.559. The van der Waals surface area contributed by atoms with Crippen LogP contribution in [0.15, 0.2) is 36.4 Å². The van der Waals surface area contributed by atoms with Crippen molar-refractivity contribution in [2.24, 2.45) is 0 Å². The number of fused-ring (bicyclic) bond motifs is 1. The molecule has 0 bridgehead atoms. The van der Waals surface area contributed by atoms with Gasteiger partial charge in [0.1, 0.15) is 5.75 Å². The van der Waals surface area contributed by atoms with Gasteiger partial charge in [-0.1, -0.05) is 36.2 Å². The van der Waals surface area contributed by atoms with E-state index in [0.717, 1.165) is 18.6 Å². The molecule has 0 fully saturated rings. The molecule has 5 heteroatoms. The zero-order valence-corrected chi connectivity index (χ0v) is 15.7. The third-order valence-corrected chi connectivity index (χ3v) is 5.19. The standard InChI is InChI=1S/C20H21Cl2NO2/c1-2-19(20(24)23-15-8-10-17(21)18(22)12-15)25-16-9-7-13-5-3-4-6-14(13)11-16/h7-12,19H,2-6H2,1H3,(H,23,24)/t19-/m0/s1. The van der Waals surface area contributed by atoms with E-state index in [-0.39, 0.29) is 5.91 Å². The monoisotopic (exact) mass is 377 g/mol. The summed E-state index contributed by atoms with van der Waals surface area (Å²) in [7, 11) is 0. The Morgan fingerprint density at radius 2 is 1.84 bits per heavy atom. The molecule has 0 aromatic heterocycles. The Morgan fingerprint density at radius 1 is 1.08 bits per heavy atom. The number of aryl methyl sites for hydroxylation is 2. The van der Waals surface area contributed by atoms with Crippen LogP contribution in [0.2, 0.25) is 10.0 Å². The van der Waals surface area contributed by atoms with Crippen molar-refractivity contribution < 1.29 is 9.53 Å². The molecule has 132 valence electrons. The third kappa shape index (κ3) is 4.47. The first-order chi connectivity index (χ1) is 12.1. The van der Waals surface area contributed by atoms with Gasteiger partial charge in [0, 0.05) is 5.69 Å². The van der Waals surface area contributed by atoms with Crippen molar-refractivity contribution in [3.05, 3.63) is 57.6 Å². The van der Waals surface area contributed by atoms with Crippen molar-refractivity contribution >= 4 is 34.8 Å². The minimum absolute atomic E-state index is 0.196. The number of nitrogens with one attached hydrogen (secondary N) is 1. The Balaban J connectivity index is 1.69. The number of ether oxygens (including phenoxy) is 1. The highest BCUT2D eigenvalue weighted by Crippen LogP contribution is 2.27. The second-order valence-electron chi connectivity index (χ2n) is 6.27. The molecule has 1 N–H and O–H groups in total.